The number of carbonyl (C=O) groups is 1. The van der Waals surface area contributed by atoms with Crippen LogP contribution in [0.2, 0.25) is 0 Å². The van der Waals surface area contributed by atoms with Crippen molar-refractivity contribution in [3.63, 3.8) is 0 Å². The van der Waals surface area contributed by atoms with E-state index in [9.17, 15) is 4.79 Å². The van der Waals surface area contributed by atoms with Crippen LogP contribution in [-0.4, -0.2) is 10.9 Å². The van der Waals surface area contributed by atoms with Crippen LogP contribution in [0.4, 0.5) is 5.13 Å². The van der Waals surface area contributed by atoms with Crippen LogP contribution in [0.5, 0.6) is 0 Å². The monoisotopic (exact) mass is 260 g/mol. The molecule has 0 fully saturated rings. The number of nitrogens with zero attached hydrogens (tertiary/aromatic N) is 1. The van der Waals surface area contributed by atoms with Crippen molar-refractivity contribution in [1.29, 1.82) is 0 Å². The molecule has 18 heavy (non-hydrogen) atoms. The van der Waals surface area contributed by atoms with Crippen molar-refractivity contribution in [1.82, 2.24) is 4.98 Å². The second kappa shape index (κ2) is 4.90. The maximum absolute atomic E-state index is 12.3. The predicted molar refractivity (Wildman–Crippen MR) is 74.9 cm³/mol. The molecule has 1 aromatic carbocycles. The fourth-order valence-corrected chi connectivity index (χ4v) is 2.33. The van der Waals surface area contributed by atoms with E-state index in [1.807, 2.05) is 56.5 Å². The lowest BCUT2D eigenvalue weighted by molar-refractivity contribution is -0.120. The van der Waals surface area contributed by atoms with Crippen LogP contribution in [0.3, 0.4) is 0 Å². The number of hydrogen-bond acceptors (Lipinski definition) is 3. The van der Waals surface area contributed by atoms with Crippen LogP contribution in [0.25, 0.3) is 0 Å². The van der Waals surface area contributed by atoms with Gasteiger partial charge in [0, 0.05) is 5.38 Å². The van der Waals surface area contributed by atoms with Gasteiger partial charge in [-0.2, -0.15) is 0 Å². The Labute approximate surface area is 111 Å². The Hall–Kier alpha value is -1.68. The second-order valence-electron chi connectivity index (χ2n) is 4.74. The van der Waals surface area contributed by atoms with Gasteiger partial charge in [-0.05, 0) is 26.3 Å². The zero-order valence-electron chi connectivity index (χ0n) is 10.7. The maximum Gasteiger partial charge on any atom is 0.236 e. The first-order valence-electron chi connectivity index (χ1n) is 5.79. The van der Waals surface area contributed by atoms with Gasteiger partial charge in [0.1, 0.15) is 0 Å². The van der Waals surface area contributed by atoms with E-state index >= 15 is 0 Å². The average Bonchev–Trinajstić information content (AvgIpc) is 2.76. The topological polar surface area (TPSA) is 42.0 Å². The maximum atomic E-state index is 12.3. The Balaban J connectivity index is 2.18. The van der Waals surface area contributed by atoms with Gasteiger partial charge >= 0.3 is 0 Å². The second-order valence-corrected chi connectivity index (χ2v) is 5.60. The molecule has 1 amide bonds. The van der Waals surface area contributed by atoms with Gasteiger partial charge < -0.3 is 5.32 Å². The molecule has 2 aromatic rings. The van der Waals surface area contributed by atoms with E-state index in [0.29, 0.717) is 5.13 Å². The number of benzene rings is 1. The highest BCUT2D eigenvalue weighted by Crippen LogP contribution is 2.25. The van der Waals surface area contributed by atoms with E-state index in [2.05, 4.69) is 10.3 Å². The summed E-state index contributed by atoms with van der Waals surface area (Å²) in [6, 6.07) is 9.76. The van der Waals surface area contributed by atoms with Crippen molar-refractivity contribution in [3.05, 3.63) is 47.0 Å². The Kier molecular flexibility index (Phi) is 3.48. The highest BCUT2D eigenvalue weighted by molar-refractivity contribution is 7.13. The minimum absolute atomic E-state index is 0.0388. The van der Waals surface area contributed by atoms with Crippen LogP contribution < -0.4 is 5.32 Å². The van der Waals surface area contributed by atoms with E-state index in [-0.39, 0.29) is 5.91 Å². The first-order chi connectivity index (χ1) is 8.50. The molecular formula is C14H16N2OS. The number of rotatable bonds is 3. The van der Waals surface area contributed by atoms with Crippen LogP contribution in [-0.2, 0) is 10.2 Å². The molecule has 1 N–H and O–H groups in total. The molecule has 0 aliphatic heterocycles. The molecule has 0 saturated carbocycles. The Morgan fingerprint density at radius 3 is 2.50 bits per heavy atom. The van der Waals surface area contributed by atoms with Gasteiger partial charge in [-0.1, -0.05) is 30.3 Å². The molecular weight excluding hydrogens is 244 g/mol. The fourth-order valence-electron chi connectivity index (χ4n) is 1.65. The van der Waals surface area contributed by atoms with Gasteiger partial charge in [0.15, 0.2) is 5.13 Å². The summed E-state index contributed by atoms with van der Waals surface area (Å²) in [5.74, 6) is -0.0388. The molecule has 1 heterocycles. The lowest BCUT2D eigenvalue weighted by Gasteiger charge is -2.23. The van der Waals surface area contributed by atoms with Crippen molar-refractivity contribution in [2.45, 2.75) is 26.2 Å². The van der Waals surface area contributed by atoms with Crippen LogP contribution >= 0.6 is 11.3 Å². The predicted octanol–water partition coefficient (Wildman–Crippen LogP) is 3.37. The van der Waals surface area contributed by atoms with Gasteiger partial charge in [-0.15, -0.1) is 11.3 Å². The molecule has 0 aliphatic rings. The summed E-state index contributed by atoms with van der Waals surface area (Å²) in [6.07, 6.45) is 0. The molecule has 94 valence electrons. The van der Waals surface area contributed by atoms with E-state index < -0.39 is 5.41 Å². The van der Waals surface area contributed by atoms with Crippen molar-refractivity contribution < 1.29 is 4.79 Å². The number of amides is 1. The summed E-state index contributed by atoms with van der Waals surface area (Å²) < 4.78 is 0. The smallest absolute Gasteiger partial charge is 0.236 e. The third-order valence-corrected chi connectivity index (χ3v) is 3.78. The van der Waals surface area contributed by atoms with Crippen molar-refractivity contribution in [2.75, 3.05) is 5.32 Å². The summed E-state index contributed by atoms with van der Waals surface area (Å²) in [6.45, 7) is 5.74. The average molecular weight is 260 g/mol. The molecule has 0 spiro atoms. The van der Waals surface area contributed by atoms with Gasteiger partial charge in [0.25, 0.3) is 0 Å². The number of aryl methyl sites for hydroxylation is 1. The Morgan fingerprint density at radius 1 is 1.28 bits per heavy atom. The first-order valence-corrected chi connectivity index (χ1v) is 6.67. The minimum Gasteiger partial charge on any atom is -0.301 e. The summed E-state index contributed by atoms with van der Waals surface area (Å²) >= 11 is 1.45. The van der Waals surface area contributed by atoms with Crippen molar-refractivity contribution in [3.8, 4) is 0 Å². The highest BCUT2D eigenvalue weighted by atomic mass is 32.1. The summed E-state index contributed by atoms with van der Waals surface area (Å²) in [4.78, 5) is 16.5. The molecule has 0 bridgehead atoms. The molecule has 0 radical (unpaired) electrons. The highest BCUT2D eigenvalue weighted by Gasteiger charge is 2.30. The Morgan fingerprint density at radius 2 is 1.94 bits per heavy atom. The molecule has 0 saturated heterocycles. The molecule has 1 aromatic heterocycles. The SMILES string of the molecule is Cc1csc(NC(=O)C(C)(C)c2ccccc2)n1. The van der Waals surface area contributed by atoms with Crippen molar-refractivity contribution in [2.24, 2.45) is 0 Å². The van der Waals surface area contributed by atoms with Crippen LogP contribution in [0.15, 0.2) is 35.7 Å². The van der Waals surface area contributed by atoms with E-state index in [4.69, 9.17) is 0 Å². The standard InChI is InChI=1S/C14H16N2OS/c1-10-9-18-13(15-10)16-12(17)14(2,3)11-7-5-4-6-8-11/h4-9H,1-3H3,(H,15,16,17). The number of anilines is 1. The molecule has 4 heteroatoms. The van der Waals surface area contributed by atoms with Gasteiger partial charge in [-0.25, -0.2) is 4.98 Å². The van der Waals surface area contributed by atoms with Crippen molar-refractivity contribution >= 4 is 22.4 Å². The van der Waals surface area contributed by atoms with Gasteiger partial charge in [-0.3, -0.25) is 4.79 Å². The fraction of sp³-hybridized carbons (Fsp3) is 0.286. The summed E-state index contributed by atoms with van der Waals surface area (Å²) in [7, 11) is 0. The normalized spacial score (nSPS) is 11.3. The van der Waals surface area contributed by atoms with Gasteiger partial charge in [0.05, 0.1) is 11.1 Å². The zero-order chi connectivity index (χ0) is 13.2. The molecule has 3 nitrogen and oxygen atoms in total. The third-order valence-electron chi connectivity index (χ3n) is 2.90. The van der Waals surface area contributed by atoms with Crippen LogP contribution in [0.1, 0.15) is 25.1 Å². The Bertz CT molecular complexity index is 546. The number of carbonyl (C=O) groups excluding carboxylic acids is 1. The minimum atomic E-state index is -0.569. The number of thiazole rings is 1. The summed E-state index contributed by atoms with van der Waals surface area (Å²) in [5.41, 5.74) is 1.35. The number of nitrogens with one attached hydrogen (secondary N) is 1. The molecule has 0 atom stereocenters. The molecule has 0 unspecified atom stereocenters. The van der Waals surface area contributed by atoms with Crippen LogP contribution in [0, 0.1) is 6.92 Å². The van der Waals surface area contributed by atoms with E-state index in [0.717, 1.165) is 11.3 Å². The lowest BCUT2D eigenvalue weighted by Crippen LogP contribution is -2.34. The quantitative estimate of drug-likeness (QED) is 0.919. The molecule has 2 rings (SSSR count). The first kappa shape index (κ1) is 12.8. The number of hydrogen-bond donors (Lipinski definition) is 1. The van der Waals surface area contributed by atoms with E-state index in [1.54, 1.807) is 0 Å². The summed E-state index contributed by atoms with van der Waals surface area (Å²) in [5, 5.41) is 5.45. The van der Waals surface area contributed by atoms with E-state index in [1.165, 1.54) is 11.3 Å². The largest absolute Gasteiger partial charge is 0.301 e. The lowest BCUT2D eigenvalue weighted by atomic mass is 9.84. The molecule has 0 aliphatic carbocycles. The third kappa shape index (κ3) is 2.59. The zero-order valence-corrected chi connectivity index (χ0v) is 11.5. The van der Waals surface area contributed by atoms with Gasteiger partial charge in [0.2, 0.25) is 5.91 Å². The number of aromatic nitrogens is 1.